The molecule has 0 bridgehead atoms. The first-order chi connectivity index (χ1) is 6.76. The molecule has 0 aromatic rings. The molecule has 0 aromatic carbocycles. The highest BCUT2D eigenvalue weighted by Gasteiger charge is 2.20. The number of aliphatic carboxylic acids is 1. The SMILES string of the molecule is CC(C)(C)COC(=O)NC(CN)C(=O)O. The molecule has 0 rings (SSSR count). The molecule has 0 radical (unpaired) electrons. The minimum absolute atomic E-state index is 0.154. The van der Waals surface area contributed by atoms with Crippen molar-refractivity contribution in [3.05, 3.63) is 0 Å². The Hall–Kier alpha value is -1.30. The predicted molar refractivity (Wildman–Crippen MR) is 54.4 cm³/mol. The average molecular weight is 218 g/mol. The number of hydrogen-bond donors (Lipinski definition) is 3. The molecular formula is C9H18N2O4. The molecule has 0 spiro atoms. The fraction of sp³-hybridized carbons (Fsp3) is 0.778. The van der Waals surface area contributed by atoms with Crippen LogP contribution in [0.2, 0.25) is 0 Å². The fourth-order valence-corrected chi connectivity index (χ4v) is 0.687. The molecule has 0 heterocycles. The van der Waals surface area contributed by atoms with Gasteiger partial charge in [0.25, 0.3) is 0 Å². The zero-order chi connectivity index (χ0) is 12.1. The molecule has 0 aromatic heterocycles. The van der Waals surface area contributed by atoms with Gasteiger partial charge in [0.15, 0.2) is 0 Å². The summed E-state index contributed by atoms with van der Waals surface area (Å²) in [5.41, 5.74) is 5.00. The Morgan fingerprint density at radius 2 is 2.00 bits per heavy atom. The number of carboxylic acid groups (broad SMARTS) is 1. The Kier molecular flexibility index (Phi) is 5.07. The lowest BCUT2D eigenvalue weighted by Gasteiger charge is -2.19. The third-order valence-corrected chi connectivity index (χ3v) is 1.46. The van der Waals surface area contributed by atoms with Gasteiger partial charge >= 0.3 is 12.1 Å². The first kappa shape index (κ1) is 13.7. The monoisotopic (exact) mass is 218 g/mol. The van der Waals surface area contributed by atoms with Gasteiger partial charge in [-0.05, 0) is 5.41 Å². The van der Waals surface area contributed by atoms with E-state index in [2.05, 4.69) is 5.32 Å². The lowest BCUT2D eigenvalue weighted by atomic mass is 9.99. The molecule has 0 aliphatic carbocycles. The van der Waals surface area contributed by atoms with Gasteiger partial charge in [-0.2, -0.15) is 0 Å². The maximum Gasteiger partial charge on any atom is 0.407 e. The van der Waals surface area contributed by atoms with Gasteiger partial charge in [0.2, 0.25) is 0 Å². The minimum atomic E-state index is -1.18. The lowest BCUT2D eigenvalue weighted by molar-refractivity contribution is -0.139. The number of carbonyl (C=O) groups excluding carboxylic acids is 1. The van der Waals surface area contributed by atoms with E-state index in [1.54, 1.807) is 0 Å². The molecule has 1 amide bonds. The number of carboxylic acids is 1. The average Bonchev–Trinajstić information content (AvgIpc) is 2.09. The first-order valence-electron chi connectivity index (χ1n) is 4.62. The molecule has 88 valence electrons. The standard InChI is InChI=1S/C9H18N2O4/c1-9(2,3)5-15-8(14)11-6(4-10)7(12)13/h6H,4-5,10H2,1-3H3,(H,11,14)(H,12,13). The van der Waals surface area contributed by atoms with E-state index in [0.717, 1.165) is 0 Å². The smallest absolute Gasteiger partial charge is 0.407 e. The van der Waals surface area contributed by atoms with E-state index >= 15 is 0 Å². The van der Waals surface area contributed by atoms with E-state index in [-0.39, 0.29) is 18.6 Å². The van der Waals surface area contributed by atoms with Crippen molar-refractivity contribution in [3.8, 4) is 0 Å². The second kappa shape index (κ2) is 5.55. The molecule has 1 unspecified atom stereocenters. The first-order valence-corrected chi connectivity index (χ1v) is 4.62. The van der Waals surface area contributed by atoms with Gasteiger partial charge < -0.3 is 20.9 Å². The Morgan fingerprint density at radius 3 is 2.33 bits per heavy atom. The zero-order valence-electron chi connectivity index (χ0n) is 9.24. The molecule has 6 heteroatoms. The van der Waals surface area contributed by atoms with Gasteiger partial charge in [-0.1, -0.05) is 20.8 Å². The Morgan fingerprint density at radius 1 is 1.47 bits per heavy atom. The van der Waals surface area contributed by atoms with Crippen molar-refractivity contribution in [1.82, 2.24) is 5.32 Å². The Balaban J connectivity index is 3.98. The molecule has 0 aliphatic rings. The molecule has 0 saturated heterocycles. The Labute approximate surface area is 88.8 Å². The summed E-state index contributed by atoms with van der Waals surface area (Å²) < 4.78 is 4.82. The largest absolute Gasteiger partial charge is 0.480 e. The number of rotatable bonds is 4. The van der Waals surface area contributed by atoms with Crippen molar-refractivity contribution in [1.29, 1.82) is 0 Å². The van der Waals surface area contributed by atoms with E-state index in [1.807, 2.05) is 20.8 Å². The summed E-state index contributed by atoms with van der Waals surface area (Å²) in [6.45, 7) is 5.75. The summed E-state index contributed by atoms with van der Waals surface area (Å²) in [6, 6.07) is -1.10. The number of nitrogens with two attached hydrogens (primary N) is 1. The van der Waals surface area contributed by atoms with Crippen LogP contribution in [0.1, 0.15) is 20.8 Å². The summed E-state index contributed by atoms with van der Waals surface area (Å²) in [7, 11) is 0. The zero-order valence-corrected chi connectivity index (χ0v) is 9.24. The van der Waals surface area contributed by atoms with Crippen LogP contribution in [-0.2, 0) is 9.53 Å². The Bertz CT molecular complexity index is 235. The van der Waals surface area contributed by atoms with Gasteiger partial charge in [-0.3, -0.25) is 0 Å². The number of hydrogen-bond acceptors (Lipinski definition) is 4. The number of carbonyl (C=O) groups is 2. The molecule has 0 fully saturated rings. The van der Waals surface area contributed by atoms with Gasteiger partial charge in [0.05, 0.1) is 6.61 Å². The van der Waals surface area contributed by atoms with Crippen molar-refractivity contribution in [3.63, 3.8) is 0 Å². The predicted octanol–water partition coefficient (Wildman–Crippen LogP) is 0.171. The van der Waals surface area contributed by atoms with Crippen LogP contribution in [0.15, 0.2) is 0 Å². The number of ether oxygens (including phenoxy) is 1. The second-order valence-electron chi connectivity index (χ2n) is 4.41. The molecule has 15 heavy (non-hydrogen) atoms. The highest BCUT2D eigenvalue weighted by molar-refractivity contribution is 5.80. The van der Waals surface area contributed by atoms with Crippen LogP contribution in [-0.4, -0.2) is 36.4 Å². The minimum Gasteiger partial charge on any atom is -0.480 e. The van der Waals surface area contributed by atoms with Gasteiger partial charge in [-0.25, -0.2) is 9.59 Å². The quantitative estimate of drug-likeness (QED) is 0.624. The van der Waals surface area contributed by atoms with Crippen LogP contribution in [0.5, 0.6) is 0 Å². The molecule has 4 N–H and O–H groups in total. The van der Waals surface area contributed by atoms with Crippen LogP contribution < -0.4 is 11.1 Å². The van der Waals surface area contributed by atoms with Crippen LogP contribution in [0.4, 0.5) is 4.79 Å². The van der Waals surface area contributed by atoms with Gasteiger partial charge in [-0.15, -0.1) is 0 Å². The summed E-state index contributed by atoms with van der Waals surface area (Å²) in [5, 5.41) is 10.8. The van der Waals surface area contributed by atoms with Crippen LogP contribution in [0.25, 0.3) is 0 Å². The van der Waals surface area contributed by atoms with E-state index in [1.165, 1.54) is 0 Å². The maximum atomic E-state index is 11.1. The van der Waals surface area contributed by atoms with Crippen LogP contribution in [0, 0.1) is 5.41 Å². The fourth-order valence-electron chi connectivity index (χ4n) is 0.687. The second-order valence-corrected chi connectivity index (χ2v) is 4.41. The van der Waals surface area contributed by atoms with E-state index in [9.17, 15) is 9.59 Å². The van der Waals surface area contributed by atoms with Crippen LogP contribution in [0.3, 0.4) is 0 Å². The highest BCUT2D eigenvalue weighted by atomic mass is 16.5. The van der Waals surface area contributed by atoms with E-state index in [0.29, 0.717) is 0 Å². The third-order valence-electron chi connectivity index (χ3n) is 1.46. The number of nitrogens with one attached hydrogen (secondary N) is 1. The van der Waals surface area contributed by atoms with Crippen LogP contribution >= 0.6 is 0 Å². The molecule has 1 atom stereocenters. The lowest BCUT2D eigenvalue weighted by Crippen LogP contribution is -2.46. The molecule has 0 aliphatic heterocycles. The van der Waals surface area contributed by atoms with Crippen molar-refractivity contribution >= 4 is 12.1 Å². The molecule has 6 nitrogen and oxygen atoms in total. The van der Waals surface area contributed by atoms with E-state index < -0.39 is 18.1 Å². The summed E-state index contributed by atoms with van der Waals surface area (Å²) in [6.07, 6.45) is -0.761. The number of alkyl carbamates (subject to hydrolysis) is 1. The summed E-state index contributed by atoms with van der Waals surface area (Å²) >= 11 is 0. The topological polar surface area (TPSA) is 102 Å². The van der Waals surface area contributed by atoms with Gasteiger partial charge in [0, 0.05) is 6.54 Å². The van der Waals surface area contributed by atoms with E-state index in [4.69, 9.17) is 15.6 Å². The maximum absolute atomic E-state index is 11.1. The number of amides is 1. The normalized spacial score (nSPS) is 13.1. The van der Waals surface area contributed by atoms with Crippen molar-refractivity contribution in [2.75, 3.05) is 13.2 Å². The summed E-state index contributed by atoms with van der Waals surface area (Å²) in [4.78, 5) is 21.6. The van der Waals surface area contributed by atoms with Crippen molar-refractivity contribution in [2.45, 2.75) is 26.8 Å². The summed E-state index contributed by atoms with van der Waals surface area (Å²) in [5.74, 6) is -1.18. The van der Waals surface area contributed by atoms with Crippen molar-refractivity contribution < 1.29 is 19.4 Å². The molecule has 0 saturated carbocycles. The molecular weight excluding hydrogens is 200 g/mol. The van der Waals surface area contributed by atoms with Crippen molar-refractivity contribution in [2.24, 2.45) is 11.1 Å². The van der Waals surface area contributed by atoms with Gasteiger partial charge in [0.1, 0.15) is 6.04 Å². The highest BCUT2D eigenvalue weighted by Crippen LogP contribution is 2.12. The third kappa shape index (κ3) is 6.73.